The number of thiocarbonyl (C=S) groups is 1. The first-order chi connectivity index (χ1) is 12.1. The van der Waals surface area contributed by atoms with Crippen molar-refractivity contribution in [3.63, 3.8) is 0 Å². The standard InChI is InChI=1S/C21H15NOS2/c1-14-9-11-15(12-10-14)13-19-20(23)22(21(24)25-19)18-8-4-6-16-5-2-3-7-17(16)18/h2-13H,1H3/b19-13+. The number of thioether (sulfide) groups is 1. The molecule has 1 amide bonds. The van der Waals surface area contributed by atoms with Crippen molar-refractivity contribution in [1.82, 2.24) is 0 Å². The van der Waals surface area contributed by atoms with E-state index in [1.54, 1.807) is 4.90 Å². The molecule has 1 fully saturated rings. The van der Waals surface area contributed by atoms with Gasteiger partial charge >= 0.3 is 0 Å². The number of hydrogen-bond acceptors (Lipinski definition) is 3. The Morgan fingerprint density at radius 1 is 0.960 bits per heavy atom. The van der Waals surface area contributed by atoms with E-state index in [4.69, 9.17) is 12.2 Å². The van der Waals surface area contributed by atoms with Gasteiger partial charge in [-0.3, -0.25) is 9.69 Å². The molecular weight excluding hydrogens is 346 g/mol. The maximum Gasteiger partial charge on any atom is 0.270 e. The lowest BCUT2D eigenvalue weighted by Crippen LogP contribution is -2.27. The fourth-order valence-corrected chi connectivity index (χ4v) is 4.18. The van der Waals surface area contributed by atoms with Crippen LogP contribution in [0.25, 0.3) is 16.8 Å². The molecule has 0 N–H and O–H groups in total. The molecule has 3 aromatic rings. The van der Waals surface area contributed by atoms with Crippen LogP contribution in [0.5, 0.6) is 0 Å². The van der Waals surface area contributed by atoms with Crippen LogP contribution in [-0.2, 0) is 4.79 Å². The Bertz CT molecular complexity index is 1020. The third kappa shape index (κ3) is 2.99. The maximum absolute atomic E-state index is 13.0. The highest BCUT2D eigenvalue weighted by atomic mass is 32.2. The molecule has 1 aliphatic heterocycles. The first kappa shape index (κ1) is 16.1. The number of hydrogen-bond donors (Lipinski definition) is 0. The van der Waals surface area contributed by atoms with Crippen LogP contribution in [0.3, 0.4) is 0 Å². The molecule has 4 heteroatoms. The topological polar surface area (TPSA) is 20.3 Å². The van der Waals surface area contributed by atoms with Crippen LogP contribution in [0.4, 0.5) is 5.69 Å². The van der Waals surface area contributed by atoms with Crippen molar-refractivity contribution in [1.29, 1.82) is 0 Å². The maximum atomic E-state index is 13.0. The average Bonchev–Trinajstić information content (AvgIpc) is 2.90. The van der Waals surface area contributed by atoms with Crippen LogP contribution in [0.15, 0.2) is 71.6 Å². The van der Waals surface area contributed by atoms with Crippen LogP contribution in [0.2, 0.25) is 0 Å². The lowest BCUT2D eigenvalue weighted by atomic mass is 10.1. The normalized spacial score (nSPS) is 16.2. The van der Waals surface area contributed by atoms with E-state index in [1.807, 2.05) is 79.7 Å². The van der Waals surface area contributed by atoms with Gasteiger partial charge in [-0.15, -0.1) is 0 Å². The zero-order chi connectivity index (χ0) is 17.4. The van der Waals surface area contributed by atoms with E-state index < -0.39 is 0 Å². The molecule has 1 heterocycles. The number of fused-ring (bicyclic) bond motifs is 1. The summed E-state index contributed by atoms with van der Waals surface area (Å²) in [7, 11) is 0. The third-order valence-electron chi connectivity index (χ3n) is 4.18. The van der Waals surface area contributed by atoms with E-state index in [0.717, 1.165) is 22.0 Å². The predicted octanol–water partition coefficient (Wildman–Crippen LogP) is 5.55. The lowest BCUT2D eigenvalue weighted by molar-refractivity contribution is -0.113. The number of rotatable bonds is 2. The zero-order valence-corrected chi connectivity index (χ0v) is 15.2. The molecule has 1 aliphatic rings. The van der Waals surface area contributed by atoms with Crippen molar-refractivity contribution in [2.24, 2.45) is 0 Å². The van der Waals surface area contributed by atoms with Gasteiger partial charge in [-0.25, -0.2) is 0 Å². The second kappa shape index (κ2) is 6.47. The molecule has 0 radical (unpaired) electrons. The van der Waals surface area contributed by atoms with E-state index in [2.05, 4.69) is 0 Å². The summed E-state index contributed by atoms with van der Waals surface area (Å²) in [6, 6.07) is 22.1. The minimum atomic E-state index is -0.0630. The van der Waals surface area contributed by atoms with Gasteiger partial charge < -0.3 is 0 Å². The molecule has 0 saturated carbocycles. The summed E-state index contributed by atoms with van der Waals surface area (Å²) in [5.74, 6) is -0.0630. The number of anilines is 1. The summed E-state index contributed by atoms with van der Waals surface area (Å²) < 4.78 is 0.569. The van der Waals surface area contributed by atoms with Crippen molar-refractivity contribution >= 4 is 56.7 Å². The van der Waals surface area contributed by atoms with Crippen molar-refractivity contribution in [2.75, 3.05) is 4.90 Å². The number of amides is 1. The average molecular weight is 361 g/mol. The second-order valence-electron chi connectivity index (χ2n) is 5.93. The fourth-order valence-electron chi connectivity index (χ4n) is 2.89. The Kier molecular flexibility index (Phi) is 4.15. The summed E-state index contributed by atoms with van der Waals surface area (Å²) in [6.45, 7) is 2.05. The molecule has 0 bridgehead atoms. The van der Waals surface area contributed by atoms with Gasteiger partial charge in [-0.05, 0) is 30.0 Å². The molecule has 2 nitrogen and oxygen atoms in total. The van der Waals surface area contributed by atoms with Crippen molar-refractivity contribution in [2.45, 2.75) is 6.92 Å². The molecule has 0 spiro atoms. The molecular formula is C21H15NOS2. The molecule has 0 aliphatic carbocycles. The van der Waals surface area contributed by atoms with Gasteiger partial charge in [0.25, 0.3) is 5.91 Å². The molecule has 1 saturated heterocycles. The van der Waals surface area contributed by atoms with Crippen molar-refractivity contribution in [3.05, 3.63) is 82.8 Å². The first-order valence-corrected chi connectivity index (χ1v) is 9.18. The van der Waals surface area contributed by atoms with Crippen molar-refractivity contribution in [3.8, 4) is 0 Å². The Morgan fingerprint density at radius 2 is 1.68 bits per heavy atom. The van der Waals surface area contributed by atoms with Gasteiger partial charge in [0.2, 0.25) is 0 Å². The Balaban J connectivity index is 1.75. The smallest absolute Gasteiger partial charge is 0.268 e. The highest BCUT2D eigenvalue weighted by molar-refractivity contribution is 8.27. The van der Waals surface area contributed by atoms with E-state index in [0.29, 0.717) is 9.23 Å². The molecule has 4 rings (SSSR count). The van der Waals surface area contributed by atoms with E-state index in [-0.39, 0.29) is 5.91 Å². The number of carbonyl (C=O) groups is 1. The highest BCUT2D eigenvalue weighted by Crippen LogP contribution is 2.38. The SMILES string of the molecule is Cc1ccc(/C=C2/SC(=S)N(c3cccc4ccccc34)C2=O)cc1. The summed E-state index contributed by atoms with van der Waals surface area (Å²) in [4.78, 5) is 15.3. The highest BCUT2D eigenvalue weighted by Gasteiger charge is 2.34. The molecule has 122 valence electrons. The van der Waals surface area contributed by atoms with Crippen LogP contribution in [0, 0.1) is 6.92 Å². The number of nitrogens with zero attached hydrogens (tertiary/aromatic N) is 1. The summed E-state index contributed by atoms with van der Waals surface area (Å²) in [6.07, 6.45) is 1.91. The number of benzene rings is 3. The van der Waals surface area contributed by atoms with E-state index >= 15 is 0 Å². The number of carbonyl (C=O) groups excluding carboxylic acids is 1. The van der Waals surface area contributed by atoms with Gasteiger partial charge in [-0.1, -0.05) is 90.2 Å². The molecule has 25 heavy (non-hydrogen) atoms. The third-order valence-corrected chi connectivity index (χ3v) is 5.48. The van der Waals surface area contributed by atoms with Crippen LogP contribution >= 0.6 is 24.0 Å². The lowest BCUT2D eigenvalue weighted by Gasteiger charge is -2.17. The van der Waals surface area contributed by atoms with Gasteiger partial charge in [0.05, 0.1) is 10.6 Å². The van der Waals surface area contributed by atoms with Crippen molar-refractivity contribution < 1.29 is 4.79 Å². The Labute approximate surface area is 156 Å². The summed E-state index contributed by atoms with van der Waals surface area (Å²) >= 11 is 6.86. The summed E-state index contributed by atoms with van der Waals surface area (Å²) in [5, 5.41) is 2.12. The Morgan fingerprint density at radius 3 is 2.48 bits per heavy atom. The van der Waals surface area contributed by atoms with Gasteiger partial charge in [0.1, 0.15) is 0 Å². The minimum absolute atomic E-state index is 0.0630. The zero-order valence-electron chi connectivity index (χ0n) is 13.6. The summed E-state index contributed by atoms with van der Waals surface area (Å²) in [5.41, 5.74) is 3.04. The number of aryl methyl sites for hydroxylation is 1. The molecule has 0 unspecified atom stereocenters. The quantitative estimate of drug-likeness (QED) is 0.441. The van der Waals surface area contributed by atoms with Gasteiger partial charge in [0.15, 0.2) is 4.32 Å². The van der Waals surface area contributed by atoms with Crippen LogP contribution in [0.1, 0.15) is 11.1 Å². The monoisotopic (exact) mass is 361 g/mol. The van der Waals surface area contributed by atoms with Gasteiger partial charge in [0, 0.05) is 5.39 Å². The van der Waals surface area contributed by atoms with Crippen LogP contribution in [-0.4, -0.2) is 10.2 Å². The fraction of sp³-hybridized carbons (Fsp3) is 0.0476. The van der Waals surface area contributed by atoms with E-state index in [1.165, 1.54) is 17.3 Å². The van der Waals surface area contributed by atoms with Gasteiger partial charge in [-0.2, -0.15) is 0 Å². The molecule has 3 aromatic carbocycles. The minimum Gasteiger partial charge on any atom is -0.268 e. The first-order valence-electron chi connectivity index (χ1n) is 7.96. The molecule has 0 aromatic heterocycles. The predicted molar refractivity (Wildman–Crippen MR) is 111 cm³/mol. The largest absolute Gasteiger partial charge is 0.270 e. The van der Waals surface area contributed by atoms with Crippen LogP contribution < -0.4 is 4.90 Å². The molecule has 0 atom stereocenters. The van der Waals surface area contributed by atoms with E-state index in [9.17, 15) is 4.79 Å². The second-order valence-corrected chi connectivity index (χ2v) is 7.60. The Hall–Kier alpha value is -2.43.